The number of carbonyl (C=O) groups is 1. The summed E-state index contributed by atoms with van der Waals surface area (Å²) in [6.07, 6.45) is 4.37. The molecule has 5 rings (SSSR count). The minimum absolute atomic E-state index is 0.0211. The average Bonchev–Trinajstić information content (AvgIpc) is 3.26. The molecule has 1 amide bonds. The Balaban J connectivity index is 1.26. The van der Waals surface area contributed by atoms with E-state index in [0.29, 0.717) is 18.0 Å². The number of nitrogens with zero attached hydrogens (tertiary/aromatic N) is 1. The maximum atomic E-state index is 12.9. The molecule has 152 valence electrons. The Labute approximate surface area is 174 Å². The molecule has 30 heavy (non-hydrogen) atoms. The number of rotatable bonds is 7. The van der Waals surface area contributed by atoms with Gasteiger partial charge in [-0.25, -0.2) is 0 Å². The van der Waals surface area contributed by atoms with E-state index in [1.165, 1.54) is 10.9 Å². The fraction of sp³-hybridized carbons (Fsp3) is 0.250. The molecule has 0 bridgehead atoms. The van der Waals surface area contributed by atoms with Gasteiger partial charge in [-0.1, -0.05) is 35.5 Å². The van der Waals surface area contributed by atoms with Gasteiger partial charge in [-0.2, -0.15) is 0 Å². The van der Waals surface area contributed by atoms with Gasteiger partial charge in [-0.05, 0) is 43.0 Å². The van der Waals surface area contributed by atoms with Crippen LogP contribution in [0.4, 0.5) is 0 Å². The SMILES string of the molecule is COc1cccc(-c2cc(C3(C(=O)NCCc4c[nH]c5ccccc45)CC3)no2)c1. The Morgan fingerprint density at radius 2 is 2.07 bits per heavy atom. The Kier molecular flexibility index (Phi) is 4.54. The molecular formula is C24H23N3O3. The first kappa shape index (κ1) is 18.5. The molecule has 0 radical (unpaired) electrons. The lowest BCUT2D eigenvalue weighted by Crippen LogP contribution is -2.36. The van der Waals surface area contributed by atoms with Crippen molar-refractivity contribution in [2.24, 2.45) is 0 Å². The lowest BCUT2D eigenvalue weighted by atomic mass is 10.00. The second kappa shape index (κ2) is 7.37. The first-order valence-electron chi connectivity index (χ1n) is 10.1. The molecule has 6 heteroatoms. The molecule has 1 aliphatic rings. The highest BCUT2D eigenvalue weighted by atomic mass is 16.5. The summed E-state index contributed by atoms with van der Waals surface area (Å²) in [5, 5.41) is 8.52. The molecule has 4 aromatic rings. The number of hydrogen-bond acceptors (Lipinski definition) is 4. The number of amides is 1. The van der Waals surface area contributed by atoms with E-state index in [2.05, 4.69) is 27.6 Å². The van der Waals surface area contributed by atoms with E-state index in [1.54, 1.807) is 7.11 Å². The van der Waals surface area contributed by atoms with Crippen LogP contribution in [0.25, 0.3) is 22.2 Å². The molecule has 0 atom stereocenters. The van der Waals surface area contributed by atoms with Gasteiger partial charge in [-0.3, -0.25) is 4.79 Å². The summed E-state index contributed by atoms with van der Waals surface area (Å²) in [4.78, 5) is 16.2. The summed E-state index contributed by atoms with van der Waals surface area (Å²) in [7, 11) is 1.63. The van der Waals surface area contributed by atoms with Gasteiger partial charge >= 0.3 is 0 Å². The first-order valence-corrected chi connectivity index (χ1v) is 10.1. The van der Waals surface area contributed by atoms with Crippen LogP contribution < -0.4 is 10.1 Å². The molecule has 2 heterocycles. The van der Waals surface area contributed by atoms with Crippen LogP contribution >= 0.6 is 0 Å². The number of ether oxygens (including phenoxy) is 1. The number of carbonyl (C=O) groups excluding carboxylic acids is 1. The number of nitrogens with one attached hydrogen (secondary N) is 2. The molecule has 0 aliphatic heterocycles. The molecule has 6 nitrogen and oxygen atoms in total. The number of hydrogen-bond donors (Lipinski definition) is 2. The number of para-hydroxylation sites is 1. The Morgan fingerprint density at radius 1 is 1.20 bits per heavy atom. The van der Waals surface area contributed by atoms with E-state index in [9.17, 15) is 4.79 Å². The topological polar surface area (TPSA) is 80.1 Å². The second-order valence-corrected chi connectivity index (χ2v) is 7.76. The summed E-state index contributed by atoms with van der Waals surface area (Å²) in [6, 6.07) is 17.7. The summed E-state index contributed by atoms with van der Waals surface area (Å²) in [5.74, 6) is 1.41. The zero-order valence-corrected chi connectivity index (χ0v) is 16.8. The molecule has 0 saturated heterocycles. The zero-order chi connectivity index (χ0) is 20.6. The van der Waals surface area contributed by atoms with Crippen LogP contribution in [0.2, 0.25) is 0 Å². The monoisotopic (exact) mass is 401 g/mol. The number of benzene rings is 2. The molecule has 2 N–H and O–H groups in total. The first-order chi connectivity index (χ1) is 14.7. The smallest absolute Gasteiger partial charge is 0.232 e. The minimum atomic E-state index is -0.569. The number of H-pyrrole nitrogens is 1. The maximum absolute atomic E-state index is 12.9. The zero-order valence-electron chi connectivity index (χ0n) is 16.8. The molecule has 1 fully saturated rings. The van der Waals surface area contributed by atoms with E-state index in [0.717, 1.165) is 36.1 Å². The van der Waals surface area contributed by atoms with Gasteiger partial charge in [0.05, 0.1) is 18.2 Å². The molecule has 2 aromatic heterocycles. The van der Waals surface area contributed by atoms with Crippen molar-refractivity contribution in [3.05, 3.63) is 72.1 Å². The van der Waals surface area contributed by atoms with Crippen molar-refractivity contribution in [3.63, 3.8) is 0 Å². The Bertz CT molecular complexity index is 1200. The van der Waals surface area contributed by atoms with Crippen LogP contribution in [0.5, 0.6) is 5.75 Å². The summed E-state index contributed by atoms with van der Waals surface area (Å²) < 4.78 is 10.8. The van der Waals surface area contributed by atoms with Crippen LogP contribution in [0, 0.1) is 0 Å². The normalized spacial score (nSPS) is 14.6. The van der Waals surface area contributed by atoms with Gasteiger partial charge in [0.15, 0.2) is 5.76 Å². The van der Waals surface area contributed by atoms with E-state index in [1.807, 2.05) is 48.7 Å². The second-order valence-electron chi connectivity index (χ2n) is 7.76. The van der Waals surface area contributed by atoms with Gasteiger partial charge in [0.2, 0.25) is 5.91 Å². The van der Waals surface area contributed by atoms with Crippen molar-refractivity contribution in [2.75, 3.05) is 13.7 Å². The predicted molar refractivity (Wildman–Crippen MR) is 114 cm³/mol. The molecule has 1 aliphatic carbocycles. The molecular weight excluding hydrogens is 378 g/mol. The van der Waals surface area contributed by atoms with Gasteiger partial charge in [0, 0.05) is 35.3 Å². The van der Waals surface area contributed by atoms with Crippen molar-refractivity contribution in [1.29, 1.82) is 0 Å². The van der Waals surface area contributed by atoms with E-state index in [-0.39, 0.29) is 5.91 Å². The fourth-order valence-electron chi connectivity index (χ4n) is 3.96. The summed E-state index contributed by atoms with van der Waals surface area (Å²) in [6.45, 7) is 0.586. The van der Waals surface area contributed by atoms with Crippen molar-refractivity contribution in [2.45, 2.75) is 24.7 Å². The average molecular weight is 401 g/mol. The van der Waals surface area contributed by atoms with Gasteiger partial charge in [0.25, 0.3) is 0 Å². The van der Waals surface area contributed by atoms with Gasteiger partial charge < -0.3 is 19.6 Å². The van der Waals surface area contributed by atoms with Crippen LogP contribution in [-0.4, -0.2) is 29.7 Å². The van der Waals surface area contributed by atoms with Crippen molar-refractivity contribution in [3.8, 4) is 17.1 Å². The number of aromatic nitrogens is 2. The standard InChI is InChI=1S/C24H23N3O3/c1-29-18-6-4-5-16(13-18)21-14-22(27-30-21)24(10-11-24)23(28)25-12-9-17-15-26-20-8-3-2-7-19(17)20/h2-8,13-15,26H,9-12H2,1H3,(H,25,28). The lowest BCUT2D eigenvalue weighted by molar-refractivity contribution is -0.123. The van der Waals surface area contributed by atoms with Crippen LogP contribution in [0.3, 0.4) is 0 Å². The third kappa shape index (κ3) is 3.24. The highest BCUT2D eigenvalue weighted by Crippen LogP contribution is 2.48. The maximum Gasteiger partial charge on any atom is 0.232 e. The van der Waals surface area contributed by atoms with Crippen LogP contribution in [-0.2, 0) is 16.6 Å². The van der Waals surface area contributed by atoms with Crippen LogP contribution in [0.15, 0.2) is 65.3 Å². The van der Waals surface area contributed by atoms with Gasteiger partial charge in [0.1, 0.15) is 5.75 Å². The summed E-state index contributed by atoms with van der Waals surface area (Å²) in [5.41, 5.74) is 3.33. The molecule has 1 saturated carbocycles. The van der Waals surface area contributed by atoms with Crippen LogP contribution in [0.1, 0.15) is 24.1 Å². The third-order valence-electron chi connectivity index (χ3n) is 5.89. The summed E-state index contributed by atoms with van der Waals surface area (Å²) >= 11 is 0. The van der Waals surface area contributed by atoms with Gasteiger partial charge in [-0.15, -0.1) is 0 Å². The van der Waals surface area contributed by atoms with E-state index in [4.69, 9.17) is 9.26 Å². The lowest BCUT2D eigenvalue weighted by Gasteiger charge is -2.12. The van der Waals surface area contributed by atoms with Crippen molar-refractivity contribution in [1.82, 2.24) is 15.5 Å². The minimum Gasteiger partial charge on any atom is -0.497 e. The largest absolute Gasteiger partial charge is 0.497 e. The van der Waals surface area contributed by atoms with Crippen molar-refractivity contribution >= 4 is 16.8 Å². The fourth-order valence-corrected chi connectivity index (χ4v) is 3.96. The Morgan fingerprint density at radius 3 is 2.90 bits per heavy atom. The number of methoxy groups -OCH3 is 1. The van der Waals surface area contributed by atoms with E-state index >= 15 is 0 Å². The molecule has 0 spiro atoms. The number of aromatic amines is 1. The van der Waals surface area contributed by atoms with Crippen molar-refractivity contribution < 1.29 is 14.1 Å². The Hall–Kier alpha value is -3.54. The molecule has 2 aromatic carbocycles. The predicted octanol–water partition coefficient (Wildman–Crippen LogP) is 4.22. The number of fused-ring (bicyclic) bond motifs is 1. The highest BCUT2D eigenvalue weighted by Gasteiger charge is 2.53. The third-order valence-corrected chi connectivity index (χ3v) is 5.89. The highest BCUT2D eigenvalue weighted by molar-refractivity contribution is 5.91. The molecule has 0 unspecified atom stereocenters. The van der Waals surface area contributed by atoms with E-state index < -0.39 is 5.41 Å². The quantitative estimate of drug-likeness (QED) is 0.486.